The normalized spacial score (nSPS) is 11.6. The van der Waals surface area contributed by atoms with Gasteiger partial charge in [0.2, 0.25) is 0 Å². The first-order chi connectivity index (χ1) is 7.29. The average molecular weight is 257 g/mol. The van der Waals surface area contributed by atoms with Crippen LogP contribution in [0.3, 0.4) is 0 Å². The zero-order chi connectivity index (χ0) is 12.3. The van der Waals surface area contributed by atoms with Crippen LogP contribution in [0.25, 0.3) is 0 Å². The second-order valence-electron chi connectivity index (χ2n) is 3.14. The Kier molecular flexibility index (Phi) is 3.85. The van der Waals surface area contributed by atoms with Gasteiger partial charge in [-0.15, -0.1) is 0 Å². The molecule has 0 saturated heterocycles. The Labute approximate surface area is 94.4 Å². The molecule has 90 valence electrons. The number of rotatable bonds is 3. The van der Waals surface area contributed by atoms with Crippen molar-refractivity contribution >= 4 is 23.0 Å². The van der Waals surface area contributed by atoms with Crippen LogP contribution in [0.1, 0.15) is 6.42 Å². The molecule has 3 N–H and O–H groups in total. The third kappa shape index (κ3) is 3.77. The van der Waals surface area contributed by atoms with Crippen molar-refractivity contribution in [3.05, 3.63) is 23.0 Å². The molecule has 0 aliphatic rings. The van der Waals surface area contributed by atoms with Crippen LogP contribution in [0.5, 0.6) is 0 Å². The predicted molar refractivity (Wildman–Crippen MR) is 55.0 cm³/mol. The quantitative estimate of drug-likeness (QED) is 0.642. The molecule has 0 heterocycles. The summed E-state index contributed by atoms with van der Waals surface area (Å²) in [6.45, 7) is -0.381. The van der Waals surface area contributed by atoms with Gasteiger partial charge >= 0.3 is 6.18 Å². The largest absolute Gasteiger partial charge is 0.395 e. The molecule has 0 amide bonds. The third-order valence-electron chi connectivity index (χ3n) is 1.82. The standard InChI is InChI=1S/C9H9ClF4N2/c10-5-3-6(11)8(15)7(4-5)16-2-1-9(12,13)14/h3-4,16H,1-2,15H2. The molecule has 0 radical (unpaired) electrons. The number of halogens is 5. The van der Waals surface area contributed by atoms with E-state index in [1.54, 1.807) is 0 Å². The van der Waals surface area contributed by atoms with Gasteiger partial charge in [0.05, 0.1) is 17.8 Å². The van der Waals surface area contributed by atoms with Crippen LogP contribution in [-0.2, 0) is 0 Å². The van der Waals surface area contributed by atoms with Crippen LogP contribution in [0.2, 0.25) is 5.02 Å². The van der Waals surface area contributed by atoms with Gasteiger partial charge in [0.15, 0.2) is 0 Å². The lowest BCUT2D eigenvalue weighted by Gasteiger charge is -2.11. The molecule has 0 bridgehead atoms. The number of anilines is 2. The van der Waals surface area contributed by atoms with E-state index in [0.717, 1.165) is 6.07 Å². The average Bonchev–Trinajstić information content (AvgIpc) is 2.11. The molecule has 0 fully saturated rings. The second-order valence-corrected chi connectivity index (χ2v) is 3.58. The van der Waals surface area contributed by atoms with Crippen LogP contribution in [0.4, 0.5) is 28.9 Å². The molecule has 0 spiro atoms. The van der Waals surface area contributed by atoms with Crippen LogP contribution < -0.4 is 11.1 Å². The lowest BCUT2D eigenvalue weighted by Crippen LogP contribution is -2.15. The Bertz CT molecular complexity index is 379. The highest BCUT2D eigenvalue weighted by Crippen LogP contribution is 2.27. The SMILES string of the molecule is Nc1c(F)cc(Cl)cc1NCCC(F)(F)F. The molecule has 0 unspecified atom stereocenters. The third-order valence-corrected chi connectivity index (χ3v) is 2.04. The molecule has 7 heteroatoms. The summed E-state index contributed by atoms with van der Waals surface area (Å²) < 4.78 is 48.6. The molecular formula is C9H9ClF4N2. The smallest absolute Gasteiger partial charge is 0.390 e. The fraction of sp³-hybridized carbons (Fsp3) is 0.333. The second kappa shape index (κ2) is 4.78. The van der Waals surface area contributed by atoms with Crippen molar-refractivity contribution in [1.29, 1.82) is 0 Å². The van der Waals surface area contributed by atoms with Gasteiger partial charge in [0, 0.05) is 11.6 Å². The van der Waals surface area contributed by atoms with E-state index in [9.17, 15) is 17.6 Å². The van der Waals surface area contributed by atoms with E-state index in [4.69, 9.17) is 17.3 Å². The number of nitrogen functional groups attached to an aromatic ring is 1. The Balaban J connectivity index is 2.67. The van der Waals surface area contributed by atoms with Crippen molar-refractivity contribution in [3.8, 4) is 0 Å². The maximum Gasteiger partial charge on any atom is 0.390 e. The van der Waals surface area contributed by atoms with Gasteiger partial charge in [-0.25, -0.2) is 4.39 Å². The van der Waals surface area contributed by atoms with E-state index in [-0.39, 0.29) is 22.9 Å². The molecule has 1 aromatic carbocycles. The number of hydrogen-bond acceptors (Lipinski definition) is 2. The number of nitrogens with one attached hydrogen (secondary N) is 1. The number of nitrogens with two attached hydrogens (primary N) is 1. The van der Waals surface area contributed by atoms with E-state index < -0.39 is 18.4 Å². The maximum absolute atomic E-state index is 13.0. The highest BCUT2D eigenvalue weighted by molar-refractivity contribution is 6.31. The fourth-order valence-electron chi connectivity index (χ4n) is 1.07. The first kappa shape index (κ1) is 12.9. The molecule has 1 aromatic rings. The minimum Gasteiger partial charge on any atom is -0.395 e. The molecule has 2 nitrogen and oxygen atoms in total. The monoisotopic (exact) mass is 256 g/mol. The van der Waals surface area contributed by atoms with Crippen LogP contribution in [0, 0.1) is 5.82 Å². The van der Waals surface area contributed by atoms with Gasteiger partial charge in [-0.05, 0) is 12.1 Å². The Morgan fingerprint density at radius 1 is 1.31 bits per heavy atom. The summed E-state index contributed by atoms with van der Waals surface area (Å²) in [4.78, 5) is 0. The summed E-state index contributed by atoms with van der Waals surface area (Å²) in [7, 11) is 0. The summed E-state index contributed by atoms with van der Waals surface area (Å²) in [6, 6.07) is 2.27. The van der Waals surface area contributed by atoms with Gasteiger partial charge < -0.3 is 11.1 Å². The summed E-state index contributed by atoms with van der Waals surface area (Å²) in [5, 5.41) is 2.45. The highest BCUT2D eigenvalue weighted by atomic mass is 35.5. The zero-order valence-corrected chi connectivity index (χ0v) is 8.79. The summed E-state index contributed by atoms with van der Waals surface area (Å²) in [5.41, 5.74) is 5.14. The zero-order valence-electron chi connectivity index (χ0n) is 8.04. The molecule has 0 aliphatic carbocycles. The minimum atomic E-state index is -4.26. The van der Waals surface area contributed by atoms with Gasteiger partial charge in [0.1, 0.15) is 5.82 Å². The Morgan fingerprint density at radius 3 is 2.50 bits per heavy atom. The highest BCUT2D eigenvalue weighted by Gasteiger charge is 2.26. The van der Waals surface area contributed by atoms with E-state index in [1.165, 1.54) is 6.07 Å². The first-order valence-corrected chi connectivity index (χ1v) is 4.72. The molecule has 16 heavy (non-hydrogen) atoms. The topological polar surface area (TPSA) is 38.0 Å². The fourth-order valence-corrected chi connectivity index (χ4v) is 1.27. The van der Waals surface area contributed by atoms with Crippen molar-refractivity contribution < 1.29 is 17.6 Å². The van der Waals surface area contributed by atoms with Crippen molar-refractivity contribution in [2.75, 3.05) is 17.6 Å². The molecule has 1 rings (SSSR count). The van der Waals surface area contributed by atoms with Crippen molar-refractivity contribution in [3.63, 3.8) is 0 Å². The molecular weight excluding hydrogens is 248 g/mol. The molecule has 0 aromatic heterocycles. The number of benzene rings is 1. The molecule has 0 atom stereocenters. The van der Waals surface area contributed by atoms with Crippen LogP contribution in [-0.4, -0.2) is 12.7 Å². The Hall–Kier alpha value is -1.17. The summed E-state index contributed by atoms with van der Waals surface area (Å²) in [5.74, 6) is -0.762. The summed E-state index contributed by atoms with van der Waals surface area (Å²) >= 11 is 5.53. The Morgan fingerprint density at radius 2 is 1.94 bits per heavy atom. The summed E-state index contributed by atoms with van der Waals surface area (Å²) in [6.07, 6.45) is -5.29. The molecule has 0 aliphatic heterocycles. The van der Waals surface area contributed by atoms with Crippen LogP contribution >= 0.6 is 11.6 Å². The van der Waals surface area contributed by atoms with Crippen LogP contribution in [0.15, 0.2) is 12.1 Å². The lowest BCUT2D eigenvalue weighted by atomic mass is 10.2. The number of alkyl halides is 3. The van der Waals surface area contributed by atoms with Crippen molar-refractivity contribution in [2.45, 2.75) is 12.6 Å². The van der Waals surface area contributed by atoms with Gasteiger partial charge in [0.25, 0.3) is 0 Å². The van der Waals surface area contributed by atoms with Crippen molar-refractivity contribution in [1.82, 2.24) is 0 Å². The lowest BCUT2D eigenvalue weighted by molar-refractivity contribution is -0.131. The van der Waals surface area contributed by atoms with Crippen molar-refractivity contribution in [2.24, 2.45) is 0 Å². The van der Waals surface area contributed by atoms with E-state index in [2.05, 4.69) is 5.32 Å². The van der Waals surface area contributed by atoms with E-state index in [0.29, 0.717) is 0 Å². The first-order valence-electron chi connectivity index (χ1n) is 4.35. The minimum absolute atomic E-state index is 0.0641. The maximum atomic E-state index is 13.0. The van der Waals surface area contributed by atoms with E-state index in [1.807, 2.05) is 0 Å². The van der Waals surface area contributed by atoms with Gasteiger partial charge in [-0.2, -0.15) is 13.2 Å². The molecule has 0 saturated carbocycles. The van der Waals surface area contributed by atoms with E-state index >= 15 is 0 Å². The predicted octanol–water partition coefficient (Wildman–Crippen LogP) is 3.43. The number of hydrogen-bond donors (Lipinski definition) is 2. The van der Waals surface area contributed by atoms with Gasteiger partial charge in [-0.3, -0.25) is 0 Å². The van der Waals surface area contributed by atoms with Gasteiger partial charge in [-0.1, -0.05) is 11.6 Å².